The predicted molar refractivity (Wildman–Crippen MR) is 56.1 cm³/mol. The second-order valence-corrected chi connectivity index (χ2v) is 3.21. The Kier molecular flexibility index (Phi) is 1.58. The van der Waals surface area contributed by atoms with Crippen LogP contribution in [0.3, 0.4) is 0 Å². The van der Waals surface area contributed by atoms with Crippen molar-refractivity contribution in [2.24, 2.45) is 0 Å². The van der Waals surface area contributed by atoms with Gasteiger partial charge in [0.2, 0.25) is 0 Å². The van der Waals surface area contributed by atoms with Crippen LogP contribution in [0, 0.1) is 0 Å². The highest BCUT2D eigenvalue weighted by atomic mass is 15.4. The minimum atomic E-state index is 0.778. The number of rotatable bonds is 1. The van der Waals surface area contributed by atoms with Gasteiger partial charge in [-0.1, -0.05) is 0 Å². The largest absolute Gasteiger partial charge is 0.243 e. The summed E-state index contributed by atoms with van der Waals surface area (Å²) in [5.74, 6) is 0. The topological polar surface area (TPSA) is 60.9 Å². The molecule has 0 saturated carbocycles. The highest BCUT2D eigenvalue weighted by Gasteiger charge is 2.07. The van der Waals surface area contributed by atoms with E-state index in [0.29, 0.717) is 0 Å². The standard InChI is InChI=1S/C8H7BN6/c9-7-1-2-14-8(13-7)6(3-11-14)15-5-10-4-12-15/h1-5H,9H2. The Morgan fingerprint density at radius 3 is 3.00 bits per heavy atom. The number of hydrogen-bond donors (Lipinski definition) is 0. The van der Waals surface area contributed by atoms with E-state index >= 15 is 0 Å². The van der Waals surface area contributed by atoms with Gasteiger partial charge in [-0.3, -0.25) is 0 Å². The fourth-order valence-corrected chi connectivity index (χ4v) is 1.44. The second kappa shape index (κ2) is 2.91. The summed E-state index contributed by atoms with van der Waals surface area (Å²) in [6, 6.07) is 1.91. The second-order valence-electron chi connectivity index (χ2n) is 3.21. The smallest absolute Gasteiger partial charge is 0.180 e. The molecule has 6 nitrogen and oxygen atoms in total. The molecule has 0 bridgehead atoms. The van der Waals surface area contributed by atoms with E-state index < -0.39 is 0 Å². The fourth-order valence-electron chi connectivity index (χ4n) is 1.44. The maximum absolute atomic E-state index is 4.40. The molecule has 0 radical (unpaired) electrons. The minimum Gasteiger partial charge on any atom is -0.243 e. The van der Waals surface area contributed by atoms with Gasteiger partial charge in [0.25, 0.3) is 0 Å². The molecule has 0 aliphatic heterocycles. The van der Waals surface area contributed by atoms with Crippen LogP contribution in [-0.4, -0.2) is 37.2 Å². The molecular formula is C8H7BN6. The van der Waals surface area contributed by atoms with E-state index in [-0.39, 0.29) is 0 Å². The normalized spacial score (nSPS) is 10.9. The van der Waals surface area contributed by atoms with E-state index in [9.17, 15) is 0 Å². The lowest BCUT2D eigenvalue weighted by Crippen LogP contribution is -2.10. The molecule has 3 aromatic rings. The summed E-state index contributed by atoms with van der Waals surface area (Å²) < 4.78 is 3.36. The third-order valence-corrected chi connectivity index (χ3v) is 2.16. The Morgan fingerprint density at radius 1 is 1.27 bits per heavy atom. The van der Waals surface area contributed by atoms with Crippen molar-refractivity contribution in [1.29, 1.82) is 0 Å². The molecule has 0 aromatic carbocycles. The van der Waals surface area contributed by atoms with E-state index in [1.807, 2.05) is 20.1 Å². The number of fused-ring (bicyclic) bond motifs is 1. The fraction of sp³-hybridized carbons (Fsp3) is 0. The van der Waals surface area contributed by atoms with Gasteiger partial charge in [0.1, 0.15) is 18.3 Å². The van der Waals surface area contributed by atoms with Gasteiger partial charge in [-0.2, -0.15) is 10.2 Å². The van der Waals surface area contributed by atoms with E-state index in [1.54, 1.807) is 21.7 Å². The average Bonchev–Trinajstić information content (AvgIpc) is 2.83. The Labute approximate surface area is 86.0 Å². The van der Waals surface area contributed by atoms with Gasteiger partial charge in [0, 0.05) is 6.20 Å². The molecule has 0 aliphatic rings. The third kappa shape index (κ3) is 1.20. The molecule has 3 aromatic heterocycles. The molecule has 0 amide bonds. The predicted octanol–water partition coefficient (Wildman–Crippen LogP) is -1.43. The summed E-state index contributed by atoms with van der Waals surface area (Å²) in [5, 5.41) is 8.23. The summed E-state index contributed by atoms with van der Waals surface area (Å²) in [6.45, 7) is 0. The summed E-state index contributed by atoms with van der Waals surface area (Å²) in [4.78, 5) is 8.30. The van der Waals surface area contributed by atoms with E-state index in [1.165, 1.54) is 6.33 Å². The van der Waals surface area contributed by atoms with Crippen LogP contribution in [0.15, 0.2) is 31.1 Å². The molecule has 0 aliphatic carbocycles. The Bertz CT molecular complexity index is 599. The van der Waals surface area contributed by atoms with Gasteiger partial charge in [-0.05, 0) is 11.7 Å². The van der Waals surface area contributed by atoms with Gasteiger partial charge in [0.05, 0.1) is 6.20 Å². The molecule has 0 spiro atoms. The maximum Gasteiger partial charge on any atom is 0.180 e. The number of nitrogens with zero attached hydrogens (tertiary/aromatic N) is 6. The van der Waals surface area contributed by atoms with Crippen molar-refractivity contribution in [3.05, 3.63) is 31.1 Å². The first-order valence-electron chi connectivity index (χ1n) is 4.50. The van der Waals surface area contributed by atoms with Crippen molar-refractivity contribution in [3.63, 3.8) is 0 Å². The zero-order valence-electron chi connectivity index (χ0n) is 8.07. The van der Waals surface area contributed by atoms with Crippen molar-refractivity contribution < 1.29 is 0 Å². The van der Waals surface area contributed by atoms with E-state index in [0.717, 1.165) is 16.9 Å². The first-order chi connectivity index (χ1) is 7.34. The molecule has 0 fully saturated rings. The average molecular weight is 198 g/mol. The molecule has 0 N–H and O–H groups in total. The molecule has 0 unspecified atom stereocenters. The number of aromatic nitrogens is 6. The van der Waals surface area contributed by atoms with Crippen LogP contribution in [0.1, 0.15) is 0 Å². The van der Waals surface area contributed by atoms with Gasteiger partial charge in [-0.25, -0.2) is 19.2 Å². The molecule has 15 heavy (non-hydrogen) atoms. The monoisotopic (exact) mass is 198 g/mol. The summed E-state index contributed by atoms with van der Waals surface area (Å²) in [5.41, 5.74) is 2.56. The van der Waals surface area contributed by atoms with Gasteiger partial charge in [-0.15, -0.1) is 0 Å². The lowest BCUT2D eigenvalue weighted by molar-refractivity contribution is 0.883. The quantitative estimate of drug-likeness (QED) is 0.449. The minimum absolute atomic E-state index is 0.778. The zero-order valence-corrected chi connectivity index (χ0v) is 8.07. The Morgan fingerprint density at radius 2 is 2.20 bits per heavy atom. The van der Waals surface area contributed by atoms with Crippen molar-refractivity contribution >= 4 is 19.1 Å². The number of hydrogen-bond acceptors (Lipinski definition) is 4. The van der Waals surface area contributed by atoms with Crippen molar-refractivity contribution in [2.45, 2.75) is 0 Å². The highest BCUT2D eigenvalue weighted by molar-refractivity contribution is 6.30. The highest BCUT2D eigenvalue weighted by Crippen LogP contribution is 2.09. The van der Waals surface area contributed by atoms with Crippen molar-refractivity contribution in [3.8, 4) is 5.69 Å². The van der Waals surface area contributed by atoms with Crippen LogP contribution in [-0.2, 0) is 0 Å². The molecule has 0 atom stereocenters. The lowest BCUT2D eigenvalue weighted by Gasteiger charge is -1.97. The molecule has 7 heteroatoms. The molecule has 3 heterocycles. The van der Waals surface area contributed by atoms with Crippen LogP contribution < -0.4 is 5.59 Å². The first kappa shape index (κ1) is 8.16. The van der Waals surface area contributed by atoms with Gasteiger partial charge in [0.15, 0.2) is 13.5 Å². The molecule has 3 rings (SSSR count). The van der Waals surface area contributed by atoms with E-state index in [4.69, 9.17) is 0 Å². The van der Waals surface area contributed by atoms with Crippen LogP contribution in [0.4, 0.5) is 0 Å². The van der Waals surface area contributed by atoms with Crippen LogP contribution in [0.25, 0.3) is 11.3 Å². The van der Waals surface area contributed by atoms with Crippen molar-refractivity contribution in [1.82, 2.24) is 29.4 Å². The van der Waals surface area contributed by atoms with Crippen LogP contribution >= 0.6 is 0 Å². The first-order valence-corrected chi connectivity index (χ1v) is 4.50. The molecule has 0 saturated heterocycles. The van der Waals surface area contributed by atoms with Gasteiger partial charge < -0.3 is 0 Å². The van der Waals surface area contributed by atoms with E-state index in [2.05, 4.69) is 20.2 Å². The summed E-state index contributed by atoms with van der Waals surface area (Å²) in [6.07, 6.45) is 6.70. The Hall–Kier alpha value is -2.18. The summed E-state index contributed by atoms with van der Waals surface area (Å²) >= 11 is 0. The maximum atomic E-state index is 4.40. The molecular weight excluding hydrogens is 191 g/mol. The van der Waals surface area contributed by atoms with Crippen LogP contribution in [0.5, 0.6) is 0 Å². The third-order valence-electron chi connectivity index (χ3n) is 2.16. The SMILES string of the molecule is Bc1ccn2ncc(-n3cncn3)c2n1. The van der Waals surface area contributed by atoms with Crippen molar-refractivity contribution in [2.75, 3.05) is 0 Å². The summed E-state index contributed by atoms with van der Waals surface area (Å²) in [7, 11) is 1.94. The zero-order chi connectivity index (χ0) is 10.3. The lowest BCUT2D eigenvalue weighted by atomic mass is 10.1. The Balaban J connectivity index is 2.32. The van der Waals surface area contributed by atoms with Crippen LogP contribution in [0.2, 0.25) is 0 Å². The van der Waals surface area contributed by atoms with Gasteiger partial charge >= 0.3 is 0 Å². The molecule has 72 valence electrons.